The Hall–Kier alpha value is -2.36. The minimum absolute atomic E-state index is 0.123. The lowest BCUT2D eigenvalue weighted by atomic mass is 10.0. The molecule has 0 aromatic carbocycles. The molecule has 162 valence electrons. The highest BCUT2D eigenvalue weighted by Gasteiger charge is 2.22. The molecule has 0 saturated heterocycles. The van der Waals surface area contributed by atoms with Gasteiger partial charge in [-0.05, 0) is 50.9 Å². The first-order valence-electron chi connectivity index (χ1n) is 10.8. The number of nitrogens with one attached hydrogen (secondary N) is 1. The molecule has 0 aliphatic rings. The van der Waals surface area contributed by atoms with Gasteiger partial charge < -0.3 is 10.4 Å². The second-order valence-corrected chi connectivity index (χ2v) is 7.23. The Balaban J connectivity index is 3.73. The van der Waals surface area contributed by atoms with Crippen molar-refractivity contribution in [3.63, 3.8) is 0 Å². The molecule has 0 rings (SSSR count). The number of hydrogen-bond donors (Lipinski definition) is 2. The van der Waals surface area contributed by atoms with E-state index < -0.39 is 12.0 Å². The van der Waals surface area contributed by atoms with Gasteiger partial charge in [0.1, 0.15) is 6.04 Å². The van der Waals surface area contributed by atoms with Crippen molar-refractivity contribution in [1.82, 2.24) is 5.32 Å². The van der Waals surface area contributed by atoms with E-state index in [0.717, 1.165) is 44.9 Å². The molecule has 0 fully saturated rings. The third kappa shape index (κ3) is 17.5. The van der Waals surface area contributed by atoms with Gasteiger partial charge in [0.2, 0.25) is 5.91 Å². The molecule has 4 nitrogen and oxygen atoms in total. The number of unbranched alkanes of at least 4 members (excludes halogenated alkanes) is 1. The van der Waals surface area contributed by atoms with Gasteiger partial charge in [0.25, 0.3) is 0 Å². The highest BCUT2D eigenvalue weighted by molar-refractivity contribution is 5.83. The van der Waals surface area contributed by atoms with Gasteiger partial charge in [0.15, 0.2) is 0 Å². The summed E-state index contributed by atoms with van der Waals surface area (Å²) in [6.07, 6.45) is 28.4. The van der Waals surface area contributed by atoms with E-state index in [1.54, 1.807) is 13.8 Å². The Morgan fingerprint density at radius 1 is 0.793 bits per heavy atom. The maximum absolute atomic E-state index is 11.8. The number of aliphatic carboxylic acids is 1. The summed E-state index contributed by atoms with van der Waals surface area (Å²) in [6.45, 7) is 5.71. The average molecular weight is 402 g/mol. The number of allylic oxidation sites excluding steroid dienone is 10. The summed E-state index contributed by atoms with van der Waals surface area (Å²) in [6, 6.07) is -0.809. The summed E-state index contributed by atoms with van der Waals surface area (Å²) in [4.78, 5) is 22.9. The van der Waals surface area contributed by atoms with Crippen LogP contribution in [0.15, 0.2) is 60.8 Å². The second kappa shape index (κ2) is 19.0. The molecule has 0 aromatic rings. The van der Waals surface area contributed by atoms with Crippen LogP contribution < -0.4 is 5.32 Å². The van der Waals surface area contributed by atoms with Crippen LogP contribution >= 0.6 is 0 Å². The molecule has 0 heterocycles. The Labute approximate surface area is 177 Å². The summed E-state index contributed by atoms with van der Waals surface area (Å²) in [7, 11) is 0. The van der Waals surface area contributed by atoms with Crippen molar-refractivity contribution in [3.8, 4) is 0 Å². The minimum Gasteiger partial charge on any atom is -0.480 e. The molecule has 0 saturated carbocycles. The van der Waals surface area contributed by atoms with E-state index in [1.165, 1.54) is 0 Å². The van der Waals surface area contributed by atoms with Gasteiger partial charge in [0, 0.05) is 6.42 Å². The van der Waals surface area contributed by atoms with Crippen molar-refractivity contribution in [2.24, 2.45) is 5.92 Å². The minimum atomic E-state index is -0.980. The van der Waals surface area contributed by atoms with Crippen LogP contribution in [0.3, 0.4) is 0 Å². The van der Waals surface area contributed by atoms with Gasteiger partial charge >= 0.3 is 5.97 Å². The lowest BCUT2D eigenvalue weighted by molar-refractivity contribution is -0.143. The fourth-order valence-corrected chi connectivity index (χ4v) is 2.51. The van der Waals surface area contributed by atoms with Crippen LogP contribution in [-0.2, 0) is 9.59 Å². The smallest absolute Gasteiger partial charge is 0.326 e. The van der Waals surface area contributed by atoms with Gasteiger partial charge in [-0.25, -0.2) is 4.79 Å². The fraction of sp³-hybridized carbons (Fsp3) is 0.520. The molecule has 2 N–H and O–H groups in total. The molecule has 0 aromatic heterocycles. The van der Waals surface area contributed by atoms with Crippen LogP contribution in [0.5, 0.6) is 0 Å². The standard InChI is InChI=1S/C25H39NO3/c1-4-5-6-7-8-9-10-11-12-13-14-15-16-17-18-19-20-21-23(27)26-24(22(2)3)25(28)29/h5-6,8-9,11-12,14-15,17-18,22,24H,4,7,10,13,16,19-21H2,1-3H3,(H,26,27)(H,28,29)/b6-5-,9-8-,12-11-,15-14-,18-17-. The van der Waals surface area contributed by atoms with Crippen LogP contribution in [0.4, 0.5) is 0 Å². The van der Waals surface area contributed by atoms with Crippen molar-refractivity contribution in [2.45, 2.75) is 78.2 Å². The topological polar surface area (TPSA) is 66.4 Å². The van der Waals surface area contributed by atoms with Crippen molar-refractivity contribution in [3.05, 3.63) is 60.8 Å². The summed E-state index contributed by atoms with van der Waals surface area (Å²) < 4.78 is 0. The Kier molecular flexibility index (Phi) is 17.4. The van der Waals surface area contributed by atoms with Crippen LogP contribution in [0.2, 0.25) is 0 Å². The molecule has 4 heteroatoms. The molecule has 1 atom stereocenters. The van der Waals surface area contributed by atoms with Crippen LogP contribution in [0.25, 0.3) is 0 Å². The predicted octanol–water partition coefficient (Wildman–Crippen LogP) is 6.13. The predicted molar refractivity (Wildman–Crippen MR) is 123 cm³/mol. The molecule has 0 radical (unpaired) electrons. The monoisotopic (exact) mass is 401 g/mol. The van der Waals surface area contributed by atoms with E-state index in [2.05, 4.69) is 73.0 Å². The van der Waals surface area contributed by atoms with Gasteiger partial charge in [-0.2, -0.15) is 0 Å². The summed E-state index contributed by atoms with van der Waals surface area (Å²) in [5, 5.41) is 11.7. The third-order valence-electron chi connectivity index (χ3n) is 4.18. The lowest BCUT2D eigenvalue weighted by Crippen LogP contribution is -2.44. The van der Waals surface area contributed by atoms with E-state index in [0.29, 0.717) is 6.42 Å². The average Bonchev–Trinajstić information content (AvgIpc) is 2.68. The first-order chi connectivity index (χ1) is 14.0. The summed E-state index contributed by atoms with van der Waals surface area (Å²) >= 11 is 0. The molecule has 0 aliphatic heterocycles. The molecule has 0 bridgehead atoms. The third-order valence-corrected chi connectivity index (χ3v) is 4.18. The number of amides is 1. The van der Waals surface area contributed by atoms with Gasteiger partial charge in [-0.1, -0.05) is 81.5 Å². The molecular weight excluding hydrogens is 362 g/mol. The molecule has 1 unspecified atom stereocenters. The fourth-order valence-electron chi connectivity index (χ4n) is 2.51. The zero-order chi connectivity index (χ0) is 21.7. The van der Waals surface area contributed by atoms with Gasteiger partial charge in [0.05, 0.1) is 0 Å². The van der Waals surface area contributed by atoms with E-state index in [-0.39, 0.29) is 11.8 Å². The van der Waals surface area contributed by atoms with Crippen molar-refractivity contribution >= 4 is 11.9 Å². The normalized spacial score (nSPS) is 13.7. The Morgan fingerprint density at radius 2 is 1.24 bits per heavy atom. The number of hydrogen-bond acceptors (Lipinski definition) is 2. The summed E-state index contributed by atoms with van der Waals surface area (Å²) in [5.74, 6) is -1.30. The zero-order valence-corrected chi connectivity index (χ0v) is 18.3. The van der Waals surface area contributed by atoms with E-state index in [4.69, 9.17) is 5.11 Å². The number of rotatable bonds is 16. The Morgan fingerprint density at radius 3 is 1.66 bits per heavy atom. The van der Waals surface area contributed by atoms with E-state index in [9.17, 15) is 9.59 Å². The number of carbonyl (C=O) groups excluding carboxylic acids is 1. The number of carboxylic acids is 1. The van der Waals surface area contributed by atoms with Crippen LogP contribution in [0, 0.1) is 5.92 Å². The SMILES string of the molecule is CC/C=C\C/C=C\C/C=C\C/C=C\C/C=C\CCCC(=O)NC(C(=O)O)C(C)C. The molecule has 0 aliphatic carbocycles. The first kappa shape index (κ1) is 26.6. The Bertz CT molecular complexity index is 583. The van der Waals surface area contributed by atoms with E-state index in [1.807, 2.05) is 0 Å². The largest absolute Gasteiger partial charge is 0.480 e. The molecule has 29 heavy (non-hydrogen) atoms. The zero-order valence-electron chi connectivity index (χ0n) is 18.3. The van der Waals surface area contributed by atoms with Crippen molar-refractivity contribution in [1.29, 1.82) is 0 Å². The quantitative estimate of drug-likeness (QED) is 0.241. The van der Waals surface area contributed by atoms with Gasteiger partial charge in [-0.3, -0.25) is 4.79 Å². The summed E-state index contributed by atoms with van der Waals surface area (Å²) in [5.41, 5.74) is 0. The first-order valence-corrected chi connectivity index (χ1v) is 10.8. The maximum atomic E-state index is 11.8. The molecular formula is C25H39NO3. The molecule has 0 spiro atoms. The number of carbonyl (C=O) groups is 2. The number of carboxylic acid groups (broad SMARTS) is 1. The van der Waals surface area contributed by atoms with Crippen molar-refractivity contribution < 1.29 is 14.7 Å². The van der Waals surface area contributed by atoms with Crippen molar-refractivity contribution in [2.75, 3.05) is 0 Å². The second-order valence-electron chi connectivity index (χ2n) is 7.23. The van der Waals surface area contributed by atoms with Gasteiger partial charge in [-0.15, -0.1) is 0 Å². The van der Waals surface area contributed by atoms with Crippen LogP contribution in [0.1, 0.15) is 72.1 Å². The van der Waals surface area contributed by atoms with Crippen LogP contribution in [-0.4, -0.2) is 23.0 Å². The highest BCUT2D eigenvalue weighted by atomic mass is 16.4. The lowest BCUT2D eigenvalue weighted by Gasteiger charge is -2.17. The highest BCUT2D eigenvalue weighted by Crippen LogP contribution is 2.04. The molecule has 1 amide bonds. The maximum Gasteiger partial charge on any atom is 0.326 e. The van der Waals surface area contributed by atoms with E-state index >= 15 is 0 Å².